The number of nitrogens with one attached hydrogen (secondary N) is 1. The number of hydrogen-bond donors (Lipinski definition) is 3. The normalized spacial score (nSPS) is 46.3. The largest absolute Gasteiger partial charge is 0.480 e. The van der Waals surface area contributed by atoms with Gasteiger partial charge in [0.15, 0.2) is 0 Å². The average molecular weight is 694 g/mol. The Hall–Kier alpha value is -1.69. The molecule has 3 N–H and O–H groups in total. The SMILES string of the molecule is C=C(C)[C@@H]1CC[C@]2(C(=O)C[C@@H]3C[C@H](C(=O)N[C@@H](CC(C)C)C(=O)O)C3(C)C)CC[C@]3(C)[C@H](CC[C@@H]4[C@@]5(C)CC[C@H](O)C(C)(C)[C@@H]5CC[C@]43C)[C@@H]12. The Morgan fingerprint density at radius 2 is 1.50 bits per heavy atom. The highest BCUT2D eigenvalue weighted by molar-refractivity contribution is 5.88. The third-order valence-corrected chi connectivity index (χ3v) is 18.1. The van der Waals surface area contributed by atoms with E-state index in [9.17, 15) is 24.6 Å². The second-order valence-electron chi connectivity index (χ2n) is 21.2. The van der Waals surface area contributed by atoms with Crippen LogP contribution in [-0.2, 0) is 14.4 Å². The number of aliphatic hydroxyl groups is 1. The maximum absolute atomic E-state index is 15.0. The van der Waals surface area contributed by atoms with Crippen LogP contribution in [0.25, 0.3) is 0 Å². The van der Waals surface area contributed by atoms with Gasteiger partial charge in [0.1, 0.15) is 11.8 Å². The zero-order chi connectivity index (χ0) is 37.0. The summed E-state index contributed by atoms with van der Waals surface area (Å²) in [6.07, 6.45) is 12.3. The van der Waals surface area contributed by atoms with Crippen molar-refractivity contribution in [3.8, 4) is 0 Å². The minimum Gasteiger partial charge on any atom is -0.480 e. The summed E-state index contributed by atoms with van der Waals surface area (Å²) in [5, 5.41) is 23.7. The molecule has 0 aromatic carbocycles. The Kier molecular flexibility index (Phi) is 9.47. The highest BCUT2D eigenvalue weighted by Gasteiger charge is 2.72. The van der Waals surface area contributed by atoms with Gasteiger partial charge in [0.25, 0.3) is 0 Å². The lowest BCUT2D eigenvalue weighted by atomic mass is 9.32. The molecular formula is C44H71NO5. The molecule has 0 unspecified atom stereocenters. The molecule has 6 aliphatic rings. The van der Waals surface area contributed by atoms with E-state index in [4.69, 9.17) is 0 Å². The third kappa shape index (κ3) is 5.35. The van der Waals surface area contributed by atoms with Gasteiger partial charge in [-0.2, -0.15) is 0 Å². The molecule has 0 saturated heterocycles. The van der Waals surface area contributed by atoms with Gasteiger partial charge in [-0.3, -0.25) is 9.59 Å². The highest BCUT2D eigenvalue weighted by Crippen LogP contribution is 2.78. The summed E-state index contributed by atoms with van der Waals surface area (Å²) in [6, 6.07) is -0.876. The van der Waals surface area contributed by atoms with Crippen LogP contribution in [0.5, 0.6) is 0 Å². The summed E-state index contributed by atoms with van der Waals surface area (Å²) in [6.45, 7) is 27.4. The number of ketones is 1. The summed E-state index contributed by atoms with van der Waals surface area (Å²) >= 11 is 0. The number of allylic oxidation sites excluding steroid dienone is 1. The Bertz CT molecular complexity index is 1400. The van der Waals surface area contributed by atoms with Crippen molar-refractivity contribution in [1.82, 2.24) is 5.32 Å². The second-order valence-corrected chi connectivity index (χ2v) is 21.2. The van der Waals surface area contributed by atoms with E-state index >= 15 is 0 Å². The van der Waals surface area contributed by atoms with E-state index in [-0.39, 0.29) is 62.3 Å². The molecule has 0 aliphatic heterocycles. The molecule has 6 fully saturated rings. The van der Waals surface area contributed by atoms with Gasteiger partial charge in [-0.05, 0) is 152 Å². The first-order valence-electron chi connectivity index (χ1n) is 20.5. The number of carboxylic acid groups (broad SMARTS) is 1. The zero-order valence-electron chi connectivity index (χ0n) is 33.3. The Morgan fingerprint density at radius 3 is 2.10 bits per heavy atom. The number of carboxylic acids is 1. The van der Waals surface area contributed by atoms with E-state index in [1.807, 2.05) is 13.8 Å². The molecule has 282 valence electrons. The quantitative estimate of drug-likeness (QED) is 0.209. The Labute approximate surface area is 303 Å². The summed E-state index contributed by atoms with van der Waals surface area (Å²) in [4.78, 5) is 40.3. The van der Waals surface area contributed by atoms with E-state index in [0.717, 1.165) is 38.5 Å². The van der Waals surface area contributed by atoms with Crippen LogP contribution in [0.1, 0.15) is 153 Å². The molecule has 1 amide bonds. The lowest BCUT2D eigenvalue weighted by Crippen LogP contribution is -2.67. The van der Waals surface area contributed by atoms with Crippen LogP contribution in [0.2, 0.25) is 0 Å². The number of hydrogen-bond acceptors (Lipinski definition) is 4. The minimum absolute atomic E-state index is 0.0578. The average Bonchev–Trinajstić information content (AvgIpc) is 3.42. The fourth-order valence-electron chi connectivity index (χ4n) is 14.8. The third-order valence-electron chi connectivity index (χ3n) is 18.1. The van der Waals surface area contributed by atoms with Gasteiger partial charge >= 0.3 is 5.97 Å². The highest BCUT2D eigenvalue weighted by atomic mass is 16.4. The first-order valence-corrected chi connectivity index (χ1v) is 20.5. The smallest absolute Gasteiger partial charge is 0.326 e. The van der Waals surface area contributed by atoms with Gasteiger partial charge < -0.3 is 15.5 Å². The van der Waals surface area contributed by atoms with Crippen LogP contribution in [0.4, 0.5) is 0 Å². The molecule has 0 aromatic rings. The summed E-state index contributed by atoms with van der Waals surface area (Å²) in [5.74, 6) is 1.66. The molecule has 6 aliphatic carbocycles. The van der Waals surface area contributed by atoms with Crippen molar-refractivity contribution < 1.29 is 24.6 Å². The van der Waals surface area contributed by atoms with Gasteiger partial charge in [0.2, 0.25) is 5.91 Å². The molecule has 0 radical (unpaired) electrons. The van der Waals surface area contributed by atoms with Crippen molar-refractivity contribution in [3.63, 3.8) is 0 Å². The molecule has 6 rings (SSSR count). The van der Waals surface area contributed by atoms with Crippen molar-refractivity contribution in [2.75, 3.05) is 0 Å². The summed E-state index contributed by atoms with van der Waals surface area (Å²) in [7, 11) is 0. The molecular weight excluding hydrogens is 622 g/mol. The van der Waals surface area contributed by atoms with Gasteiger partial charge in [-0.15, -0.1) is 0 Å². The fourth-order valence-corrected chi connectivity index (χ4v) is 14.8. The van der Waals surface area contributed by atoms with Gasteiger partial charge in [-0.25, -0.2) is 4.79 Å². The van der Waals surface area contributed by atoms with E-state index in [1.165, 1.54) is 31.3 Å². The number of rotatable bonds is 9. The van der Waals surface area contributed by atoms with Gasteiger partial charge in [0, 0.05) is 17.8 Å². The molecule has 50 heavy (non-hydrogen) atoms. The standard InChI is InChI=1S/C44H71NO5/c1-25(2)22-31(38(49)50)45-37(48)30-23-27(39(30,5)6)24-35(47)44-19-14-28(26(3)4)36(44)29-12-13-33-41(9)17-16-34(46)40(7,8)32(41)15-18-43(33,11)42(29,10)20-21-44/h25,27-34,36,46H,3,12-24H2,1-2,4-11H3,(H,45,48)(H,49,50)/t27-,28-,29+,30+,31-,32-,33+,34-,36+,41-,42+,43+,44+/m0/s1. The zero-order valence-corrected chi connectivity index (χ0v) is 33.3. The van der Waals surface area contributed by atoms with Crippen molar-refractivity contribution >= 4 is 17.7 Å². The molecule has 0 bridgehead atoms. The van der Waals surface area contributed by atoms with Crippen LogP contribution < -0.4 is 5.32 Å². The number of Topliss-reactive ketones (excluding diaryl/α,β-unsaturated/α-hetero) is 1. The van der Waals surface area contributed by atoms with Crippen LogP contribution in [0.3, 0.4) is 0 Å². The van der Waals surface area contributed by atoms with Crippen molar-refractivity contribution in [3.05, 3.63) is 12.2 Å². The molecule has 6 nitrogen and oxygen atoms in total. The predicted octanol–water partition coefficient (Wildman–Crippen LogP) is 9.24. The lowest BCUT2D eigenvalue weighted by molar-refractivity contribution is -0.246. The molecule has 6 saturated carbocycles. The molecule has 0 spiro atoms. The Balaban J connectivity index is 1.23. The number of amides is 1. The first kappa shape index (κ1) is 38.0. The monoisotopic (exact) mass is 694 g/mol. The van der Waals surface area contributed by atoms with Crippen LogP contribution in [0.15, 0.2) is 12.2 Å². The first-order chi connectivity index (χ1) is 23.1. The van der Waals surface area contributed by atoms with Crippen LogP contribution >= 0.6 is 0 Å². The number of aliphatic carboxylic acids is 1. The Morgan fingerprint density at radius 1 is 0.820 bits per heavy atom. The predicted molar refractivity (Wildman–Crippen MR) is 199 cm³/mol. The number of carbonyl (C=O) groups is 3. The van der Waals surface area contributed by atoms with Crippen LogP contribution in [-0.4, -0.2) is 40.0 Å². The van der Waals surface area contributed by atoms with E-state index in [1.54, 1.807) is 0 Å². The maximum atomic E-state index is 15.0. The summed E-state index contributed by atoms with van der Waals surface area (Å²) in [5.41, 5.74) is 1.11. The van der Waals surface area contributed by atoms with Gasteiger partial charge in [0.05, 0.1) is 6.10 Å². The second kappa shape index (κ2) is 12.4. The molecule has 13 atom stereocenters. The topological polar surface area (TPSA) is 104 Å². The van der Waals surface area contributed by atoms with Gasteiger partial charge in [-0.1, -0.05) is 74.5 Å². The number of fused-ring (bicyclic) bond motifs is 7. The van der Waals surface area contributed by atoms with E-state index in [2.05, 4.69) is 67.3 Å². The fraction of sp³-hybridized carbons (Fsp3) is 0.886. The molecule has 0 aromatic heterocycles. The van der Waals surface area contributed by atoms with Crippen molar-refractivity contribution in [1.29, 1.82) is 0 Å². The number of carbonyl (C=O) groups excluding carboxylic acids is 2. The number of aliphatic hydroxyl groups excluding tert-OH is 1. The minimum atomic E-state index is -0.981. The molecule has 6 heteroatoms. The lowest BCUT2D eigenvalue weighted by Gasteiger charge is -2.73. The summed E-state index contributed by atoms with van der Waals surface area (Å²) < 4.78 is 0. The maximum Gasteiger partial charge on any atom is 0.326 e. The van der Waals surface area contributed by atoms with Crippen LogP contribution in [0, 0.1) is 79.8 Å². The van der Waals surface area contributed by atoms with Crippen molar-refractivity contribution in [2.45, 2.75) is 165 Å². The molecule has 0 heterocycles. The van der Waals surface area contributed by atoms with E-state index < -0.39 is 12.0 Å². The van der Waals surface area contributed by atoms with E-state index in [0.29, 0.717) is 54.6 Å². The van der Waals surface area contributed by atoms with Crippen molar-refractivity contribution in [2.24, 2.45) is 79.8 Å².